The molecular formula is C13H19NO6. The van der Waals surface area contributed by atoms with E-state index in [1.165, 1.54) is 18.3 Å². The number of ether oxygens (including phenoxy) is 3. The summed E-state index contributed by atoms with van der Waals surface area (Å²) in [6.45, 7) is 2.46. The van der Waals surface area contributed by atoms with Gasteiger partial charge in [0.05, 0.1) is 25.5 Å². The van der Waals surface area contributed by atoms with E-state index < -0.39 is 12.1 Å². The summed E-state index contributed by atoms with van der Waals surface area (Å²) in [7, 11) is 1.58. The van der Waals surface area contributed by atoms with Gasteiger partial charge in [-0.15, -0.1) is 0 Å². The SMILES string of the molecule is COCC(C)OCC(O)COc1ccc(C(=O)O)nc1. The van der Waals surface area contributed by atoms with Gasteiger partial charge in [0.2, 0.25) is 0 Å². The molecule has 2 N–H and O–H groups in total. The molecule has 2 atom stereocenters. The van der Waals surface area contributed by atoms with Crippen molar-refractivity contribution in [3.8, 4) is 5.75 Å². The van der Waals surface area contributed by atoms with Gasteiger partial charge in [0.25, 0.3) is 0 Å². The summed E-state index contributed by atoms with van der Waals surface area (Å²) in [5.41, 5.74) is -0.0605. The second-order valence-corrected chi connectivity index (χ2v) is 4.25. The van der Waals surface area contributed by atoms with Crippen molar-refractivity contribution in [1.82, 2.24) is 4.98 Å². The lowest BCUT2D eigenvalue weighted by Gasteiger charge is -2.16. The Balaban J connectivity index is 2.30. The highest BCUT2D eigenvalue weighted by atomic mass is 16.5. The van der Waals surface area contributed by atoms with Gasteiger partial charge in [0, 0.05) is 7.11 Å². The van der Waals surface area contributed by atoms with E-state index in [9.17, 15) is 9.90 Å². The number of nitrogens with zero attached hydrogens (tertiary/aromatic N) is 1. The molecule has 0 aliphatic rings. The molecule has 0 fully saturated rings. The van der Waals surface area contributed by atoms with Crippen LogP contribution in [-0.2, 0) is 9.47 Å². The number of hydrogen-bond acceptors (Lipinski definition) is 6. The molecule has 0 amide bonds. The summed E-state index contributed by atoms with van der Waals surface area (Å²) in [4.78, 5) is 14.3. The Morgan fingerprint density at radius 1 is 1.35 bits per heavy atom. The van der Waals surface area contributed by atoms with Crippen molar-refractivity contribution in [2.75, 3.05) is 26.9 Å². The maximum Gasteiger partial charge on any atom is 0.354 e. The molecule has 112 valence electrons. The number of aromatic carboxylic acids is 1. The second kappa shape index (κ2) is 8.47. The third kappa shape index (κ3) is 5.96. The number of aliphatic hydroxyl groups excluding tert-OH is 1. The van der Waals surface area contributed by atoms with Crippen LogP contribution in [0.5, 0.6) is 5.75 Å². The minimum absolute atomic E-state index is 0.0355. The molecule has 1 aromatic rings. The van der Waals surface area contributed by atoms with Gasteiger partial charge in [-0.3, -0.25) is 0 Å². The molecule has 0 spiro atoms. The summed E-state index contributed by atoms with van der Waals surface area (Å²) < 4.78 is 15.5. The van der Waals surface area contributed by atoms with Crippen LogP contribution in [0.1, 0.15) is 17.4 Å². The molecule has 1 rings (SSSR count). The van der Waals surface area contributed by atoms with Crippen LogP contribution >= 0.6 is 0 Å². The Labute approximate surface area is 117 Å². The number of aliphatic hydroxyl groups is 1. The monoisotopic (exact) mass is 285 g/mol. The van der Waals surface area contributed by atoms with Crippen LogP contribution in [0.3, 0.4) is 0 Å². The van der Waals surface area contributed by atoms with Gasteiger partial charge in [-0.25, -0.2) is 9.78 Å². The number of carbonyl (C=O) groups is 1. The first-order chi connectivity index (χ1) is 9.52. The summed E-state index contributed by atoms with van der Waals surface area (Å²) in [6.07, 6.45) is 0.407. The lowest BCUT2D eigenvalue weighted by Crippen LogP contribution is -2.27. The van der Waals surface area contributed by atoms with E-state index >= 15 is 0 Å². The quantitative estimate of drug-likeness (QED) is 0.684. The number of carboxylic acids is 1. The van der Waals surface area contributed by atoms with Gasteiger partial charge >= 0.3 is 5.97 Å². The van der Waals surface area contributed by atoms with Crippen LogP contribution in [0.2, 0.25) is 0 Å². The molecule has 0 saturated heterocycles. The van der Waals surface area contributed by atoms with E-state index in [0.717, 1.165) is 0 Å². The molecule has 2 unspecified atom stereocenters. The van der Waals surface area contributed by atoms with Crippen molar-refractivity contribution in [3.63, 3.8) is 0 Å². The number of carboxylic acid groups (broad SMARTS) is 1. The van der Waals surface area contributed by atoms with Crippen LogP contribution in [0.4, 0.5) is 0 Å². The molecule has 0 bridgehead atoms. The van der Waals surface area contributed by atoms with E-state index in [4.69, 9.17) is 19.3 Å². The summed E-state index contributed by atoms with van der Waals surface area (Å²) >= 11 is 0. The highest BCUT2D eigenvalue weighted by Crippen LogP contribution is 2.09. The Bertz CT molecular complexity index is 408. The van der Waals surface area contributed by atoms with Gasteiger partial charge in [0.1, 0.15) is 24.2 Å². The first kappa shape index (κ1) is 16.4. The standard InChI is InChI=1S/C13H19NO6/c1-9(6-18-2)19-7-10(15)8-20-11-3-4-12(13(16)17)14-5-11/h3-5,9-10,15H,6-8H2,1-2H3,(H,16,17). The third-order valence-electron chi connectivity index (χ3n) is 2.37. The maximum absolute atomic E-state index is 10.6. The molecule has 0 aliphatic carbocycles. The summed E-state index contributed by atoms with van der Waals surface area (Å²) in [5.74, 6) is -0.712. The van der Waals surface area contributed by atoms with E-state index in [1.807, 2.05) is 6.92 Å². The maximum atomic E-state index is 10.6. The predicted molar refractivity (Wildman–Crippen MR) is 70.0 cm³/mol. The molecule has 1 heterocycles. The van der Waals surface area contributed by atoms with Gasteiger partial charge in [-0.1, -0.05) is 0 Å². The van der Waals surface area contributed by atoms with E-state index in [-0.39, 0.29) is 25.0 Å². The topological polar surface area (TPSA) is 98.1 Å². The van der Waals surface area contributed by atoms with Crippen molar-refractivity contribution in [3.05, 3.63) is 24.0 Å². The number of methoxy groups -OCH3 is 1. The Hall–Kier alpha value is -1.70. The Morgan fingerprint density at radius 3 is 2.65 bits per heavy atom. The van der Waals surface area contributed by atoms with Crippen molar-refractivity contribution < 1.29 is 29.2 Å². The molecule has 0 saturated carbocycles. The van der Waals surface area contributed by atoms with Gasteiger partial charge in [-0.05, 0) is 19.1 Å². The van der Waals surface area contributed by atoms with Crippen molar-refractivity contribution in [2.45, 2.75) is 19.1 Å². The number of pyridine rings is 1. The average molecular weight is 285 g/mol. The molecule has 0 aromatic carbocycles. The Morgan fingerprint density at radius 2 is 2.10 bits per heavy atom. The van der Waals surface area contributed by atoms with Crippen molar-refractivity contribution >= 4 is 5.97 Å². The molecule has 1 aromatic heterocycles. The van der Waals surface area contributed by atoms with E-state index in [0.29, 0.717) is 12.4 Å². The molecule has 20 heavy (non-hydrogen) atoms. The van der Waals surface area contributed by atoms with E-state index in [2.05, 4.69) is 4.98 Å². The minimum Gasteiger partial charge on any atom is -0.489 e. The lowest BCUT2D eigenvalue weighted by molar-refractivity contribution is -0.0423. The van der Waals surface area contributed by atoms with E-state index in [1.54, 1.807) is 7.11 Å². The van der Waals surface area contributed by atoms with Crippen LogP contribution < -0.4 is 4.74 Å². The molecule has 7 heteroatoms. The largest absolute Gasteiger partial charge is 0.489 e. The normalized spacial score (nSPS) is 13.8. The van der Waals surface area contributed by atoms with Crippen LogP contribution in [0.15, 0.2) is 18.3 Å². The first-order valence-corrected chi connectivity index (χ1v) is 6.13. The highest BCUT2D eigenvalue weighted by molar-refractivity contribution is 5.85. The fourth-order valence-corrected chi connectivity index (χ4v) is 1.39. The molecule has 7 nitrogen and oxygen atoms in total. The van der Waals surface area contributed by atoms with Gasteiger partial charge < -0.3 is 24.4 Å². The first-order valence-electron chi connectivity index (χ1n) is 6.13. The van der Waals surface area contributed by atoms with Crippen molar-refractivity contribution in [2.24, 2.45) is 0 Å². The fraction of sp³-hybridized carbons (Fsp3) is 0.538. The number of aromatic nitrogens is 1. The predicted octanol–water partition coefficient (Wildman–Crippen LogP) is 0.571. The zero-order chi connectivity index (χ0) is 15.0. The Kier molecular flexibility index (Phi) is 6.92. The fourth-order valence-electron chi connectivity index (χ4n) is 1.39. The number of hydrogen-bond donors (Lipinski definition) is 2. The highest BCUT2D eigenvalue weighted by Gasteiger charge is 2.10. The van der Waals surface area contributed by atoms with Gasteiger partial charge in [-0.2, -0.15) is 0 Å². The lowest BCUT2D eigenvalue weighted by atomic mass is 10.3. The molecule has 0 aliphatic heterocycles. The van der Waals surface area contributed by atoms with Crippen molar-refractivity contribution in [1.29, 1.82) is 0 Å². The smallest absolute Gasteiger partial charge is 0.354 e. The molecule has 0 radical (unpaired) electrons. The minimum atomic E-state index is -1.10. The van der Waals surface area contributed by atoms with Crippen LogP contribution in [0.25, 0.3) is 0 Å². The average Bonchev–Trinajstić information content (AvgIpc) is 2.43. The van der Waals surface area contributed by atoms with Gasteiger partial charge in [0.15, 0.2) is 0 Å². The summed E-state index contributed by atoms with van der Waals surface area (Å²) in [5, 5.41) is 18.4. The summed E-state index contributed by atoms with van der Waals surface area (Å²) in [6, 6.07) is 2.82. The van der Waals surface area contributed by atoms with Crippen LogP contribution in [-0.4, -0.2) is 60.3 Å². The zero-order valence-electron chi connectivity index (χ0n) is 11.5. The zero-order valence-corrected chi connectivity index (χ0v) is 11.5. The third-order valence-corrected chi connectivity index (χ3v) is 2.37. The number of rotatable bonds is 9. The molecular weight excluding hydrogens is 266 g/mol. The van der Waals surface area contributed by atoms with Crippen LogP contribution in [0, 0.1) is 0 Å². The second-order valence-electron chi connectivity index (χ2n) is 4.25.